The van der Waals surface area contributed by atoms with Gasteiger partial charge in [0.1, 0.15) is 0 Å². The zero-order chi connectivity index (χ0) is 4.41. The summed E-state index contributed by atoms with van der Waals surface area (Å²) < 4.78 is 4.51. The molecule has 0 aromatic heterocycles. The van der Waals surface area contributed by atoms with Gasteiger partial charge in [-0.25, -0.2) is 0 Å². The number of cyclic esters (lactones) is 1. The molecule has 0 spiro atoms. The minimum absolute atomic E-state index is 0. The van der Waals surface area contributed by atoms with Crippen LogP contribution < -0.4 is 37.2 Å². The molecule has 0 aliphatic carbocycles. The summed E-state index contributed by atoms with van der Waals surface area (Å²) in [4.78, 5) is 10.0. The molecule has 0 radical (unpaired) electrons. The largest absolute Gasteiger partial charge is 3.00 e. The van der Waals surface area contributed by atoms with Crippen LogP contribution in [0.15, 0.2) is 0 Å². The molecule has 1 heterocycles. The standard InChI is InChI=1S/C4H6O2.Al.3ClH/c5-4-2-1-3-6-4;;;;/h1-3H2;;3*1H/q;+3;;;/p-3. The first-order valence-electron chi connectivity index (χ1n) is 2.05. The predicted octanol–water partition coefficient (Wildman–Crippen LogP) is -9.05. The van der Waals surface area contributed by atoms with E-state index in [0.29, 0.717) is 13.0 Å². The third kappa shape index (κ3) is 8.87. The first-order valence-corrected chi connectivity index (χ1v) is 2.05. The van der Waals surface area contributed by atoms with Crippen LogP contribution in [0.25, 0.3) is 0 Å². The Labute approximate surface area is 89.4 Å². The number of rotatable bonds is 0. The molecule has 0 amide bonds. The van der Waals surface area contributed by atoms with Crippen molar-refractivity contribution in [1.29, 1.82) is 0 Å². The molecular formula is C4H6AlCl3O2. The van der Waals surface area contributed by atoms with E-state index >= 15 is 0 Å². The average Bonchev–Trinajstić information content (AvgIpc) is 1.86. The quantitative estimate of drug-likeness (QED) is 0.299. The maximum absolute atomic E-state index is 10.0. The van der Waals surface area contributed by atoms with Crippen molar-refractivity contribution in [3.05, 3.63) is 0 Å². The Hall–Kier alpha value is 0.872. The van der Waals surface area contributed by atoms with Gasteiger partial charge < -0.3 is 42.0 Å². The summed E-state index contributed by atoms with van der Waals surface area (Å²) >= 11 is 0. The normalized spacial score (nSPS) is 12.6. The van der Waals surface area contributed by atoms with Crippen LogP contribution in [0, 0.1) is 0 Å². The number of ether oxygens (including phenoxy) is 1. The zero-order valence-electron chi connectivity index (χ0n) is 5.15. The van der Waals surface area contributed by atoms with Gasteiger partial charge in [0.15, 0.2) is 0 Å². The van der Waals surface area contributed by atoms with Crippen LogP contribution in [0.4, 0.5) is 0 Å². The molecule has 2 nitrogen and oxygen atoms in total. The fourth-order valence-electron chi connectivity index (χ4n) is 0.475. The Kier molecular flexibility index (Phi) is 28.1. The summed E-state index contributed by atoms with van der Waals surface area (Å²) in [5.41, 5.74) is 0. The number of carbonyl (C=O) groups is 1. The summed E-state index contributed by atoms with van der Waals surface area (Å²) in [6, 6.07) is 0. The molecule has 1 saturated heterocycles. The second-order valence-corrected chi connectivity index (χ2v) is 1.32. The second kappa shape index (κ2) is 12.5. The van der Waals surface area contributed by atoms with Crippen LogP contribution in [0.2, 0.25) is 0 Å². The monoisotopic (exact) mass is 218 g/mol. The fraction of sp³-hybridized carbons (Fsp3) is 0.750. The molecule has 0 N–H and O–H groups in total. The summed E-state index contributed by atoms with van der Waals surface area (Å²) in [6.45, 7) is 0.638. The van der Waals surface area contributed by atoms with Gasteiger partial charge >= 0.3 is 23.3 Å². The van der Waals surface area contributed by atoms with E-state index in [1.165, 1.54) is 0 Å². The number of hydrogen-bond donors (Lipinski definition) is 0. The van der Waals surface area contributed by atoms with Crippen molar-refractivity contribution < 1.29 is 46.8 Å². The van der Waals surface area contributed by atoms with Crippen LogP contribution in [-0.4, -0.2) is 29.9 Å². The number of halogens is 3. The topological polar surface area (TPSA) is 26.3 Å². The first-order chi connectivity index (χ1) is 2.89. The van der Waals surface area contributed by atoms with E-state index in [1.54, 1.807) is 0 Å². The molecule has 6 heteroatoms. The van der Waals surface area contributed by atoms with E-state index in [2.05, 4.69) is 4.74 Å². The van der Waals surface area contributed by atoms with Crippen molar-refractivity contribution in [2.24, 2.45) is 0 Å². The Balaban J connectivity index is -0.0000000450. The van der Waals surface area contributed by atoms with Crippen molar-refractivity contribution in [3.63, 3.8) is 0 Å². The van der Waals surface area contributed by atoms with Crippen LogP contribution in [0.5, 0.6) is 0 Å². The molecule has 0 bridgehead atoms. The molecule has 1 rings (SSSR count). The van der Waals surface area contributed by atoms with Gasteiger partial charge in [-0.2, -0.15) is 0 Å². The van der Waals surface area contributed by atoms with Crippen molar-refractivity contribution in [1.82, 2.24) is 0 Å². The minimum atomic E-state index is -0.0463. The van der Waals surface area contributed by atoms with E-state index < -0.39 is 0 Å². The SMILES string of the molecule is O=C1CCCO1.[Al+3].[Cl-].[Cl-].[Cl-]. The van der Waals surface area contributed by atoms with Crippen molar-refractivity contribution >= 4 is 23.3 Å². The van der Waals surface area contributed by atoms with E-state index in [1.807, 2.05) is 0 Å². The molecule has 1 fully saturated rings. The molecule has 0 aromatic rings. The molecule has 0 atom stereocenters. The summed E-state index contributed by atoms with van der Waals surface area (Å²) in [5.74, 6) is -0.0463. The van der Waals surface area contributed by atoms with E-state index in [0.717, 1.165) is 6.42 Å². The third-order valence-electron chi connectivity index (χ3n) is 0.788. The van der Waals surface area contributed by atoms with Crippen LogP contribution in [0.3, 0.4) is 0 Å². The smallest absolute Gasteiger partial charge is 1.00 e. The second-order valence-electron chi connectivity index (χ2n) is 1.32. The van der Waals surface area contributed by atoms with Crippen LogP contribution >= 0.6 is 0 Å². The summed E-state index contributed by atoms with van der Waals surface area (Å²) in [5, 5.41) is 0. The Morgan fingerprint density at radius 1 is 1.20 bits per heavy atom. The minimum Gasteiger partial charge on any atom is -1.00 e. The van der Waals surface area contributed by atoms with Gasteiger partial charge in [-0.3, -0.25) is 4.79 Å². The zero-order valence-corrected chi connectivity index (χ0v) is 8.57. The Bertz CT molecular complexity index is 72.9. The van der Waals surface area contributed by atoms with Gasteiger partial charge in [-0.05, 0) is 6.42 Å². The van der Waals surface area contributed by atoms with Crippen molar-refractivity contribution in [2.45, 2.75) is 12.8 Å². The number of carbonyl (C=O) groups excluding carboxylic acids is 1. The van der Waals surface area contributed by atoms with Crippen LogP contribution in [0.1, 0.15) is 12.8 Å². The van der Waals surface area contributed by atoms with E-state index in [-0.39, 0.29) is 60.6 Å². The molecule has 0 aromatic carbocycles. The van der Waals surface area contributed by atoms with Gasteiger partial charge in [-0.15, -0.1) is 0 Å². The molecule has 1 aliphatic rings. The summed E-state index contributed by atoms with van der Waals surface area (Å²) in [6.07, 6.45) is 1.54. The number of esters is 1. The summed E-state index contributed by atoms with van der Waals surface area (Å²) in [7, 11) is 0. The molecule has 10 heavy (non-hydrogen) atoms. The van der Waals surface area contributed by atoms with E-state index in [4.69, 9.17) is 0 Å². The van der Waals surface area contributed by atoms with Crippen molar-refractivity contribution in [2.75, 3.05) is 6.61 Å². The van der Waals surface area contributed by atoms with Crippen molar-refractivity contribution in [3.8, 4) is 0 Å². The predicted molar refractivity (Wildman–Crippen MR) is 25.9 cm³/mol. The Morgan fingerprint density at radius 2 is 1.70 bits per heavy atom. The molecule has 58 valence electrons. The van der Waals surface area contributed by atoms with Gasteiger partial charge in [0.25, 0.3) is 0 Å². The van der Waals surface area contributed by atoms with Gasteiger partial charge in [0.05, 0.1) is 6.61 Å². The number of hydrogen-bond acceptors (Lipinski definition) is 2. The maximum atomic E-state index is 10.0. The Morgan fingerprint density at radius 3 is 1.80 bits per heavy atom. The fourth-order valence-corrected chi connectivity index (χ4v) is 0.475. The average molecular weight is 219 g/mol. The maximum Gasteiger partial charge on any atom is 3.00 e. The molecule has 1 aliphatic heterocycles. The molecule has 0 saturated carbocycles. The first kappa shape index (κ1) is 22.4. The third-order valence-corrected chi connectivity index (χ3v) is 0.788. The van der Waals surface area contributed by atoms with Gasteiger partial charge in [0.2, 0.25) is 0 Å². The van der Waals surface area contributed by atoms with E-state index in [9.17, 15) is 4.79 Å². The van der Waals surface area contributed by atoms with Gasteiger partial charge in [0, 0.05) is 6.42 Å². The molecular weight excluding hydrogens is 213 g/mol. The van der Waals surface area contributed by atoms with Crippen LogP contribution in [-0.2, 0) is 9.53 Å². The molecule has 0 unspecified atom stereocenters. The van der Waals surface area contributed by atoms with Gasteiger partial charge in [-0.1, -0.05) is 0 Å².